The molecule has 6 atom stereocenters. The molecule has 4 heterocycles. The van der Waals surface area contributed by atoms with Crippen LogP contribution in [0.25, 0.3) is 11.2 Å². The Morgan fingerprint density at radius 1 is 1.36 bits per heavy atom. The first-order valence-corrected chi connectivity index (χ1v) is 13.7. The second-order valence-electron chi connectivity index (χ2n) is 9.58. The average Bonchev–Trinajstić information content (AvgIpc) is 3.52. The number of hydrogen-bond acceptors (Lipinski definition) is 12. The van der Waals surface area contributed by atoms with E-state index in [2.05, 4.69) is 20.0 Å². The molecule has 0 saturated carbocycles. The predicted octanol–water partition coefficient (Wildman–Crippen LogP) is 0.863. The van der Waals surface area contributed by atoms with E-state index in [1.165, 1.54) is 17.8 Å². The van der Waals surface area contributed by atoms with Crippen LogP contribution in [0.1, 0.15) is 27.0 Å². The standard InChI is InChI=1S/C23H29N6O9P/c1-12(2)36-21(32)13(3)28-39(33,38-14-7-5-4-6-8-14)35-10-23-9-34-16(17(23)30)20(37-23)29-11-25-15-18(29)26-22(24)27-19(15)31/h4-8,11-13,16-17,20,30H,9-10H2,1-3H3,(H,28,33)(H3,24,26,27,31)/t13-,16-,17+,20?,23-,39-/m1/s1. The quantitative estimate of drug-likeness (QED) is 0.200. The maximum absolute atomic E-state index is 13.9. The Morgan fingerprint density at radius 3 is 2.82 bits per heavy atom. The number of aromatic nitrogens is 4. The van der Waals surface area contributed by atoms with Crippen LogP contribution in [0, 0.1) is 0 Å². The maximum Gasteiger partial charge on any atom is 0.459 e. The number of nitrogen functional groups attached to an aromatic ring is 1. The van der Waals surface area contributed by atoms with Crippen LogP contribution in [-0.2, 0) is 28.1 Å². The van der Waals surface area contributed by atoms with Crippen molar-refractivity contribution in [2.45, 2.75) is 57.0 Å². The topological polar surface area (TPSA) is 202 Å². The van der Waals surface area contributed by atoms with Crippen molar-refractivity contribution in [3.63, 3.8) is 0 Å². The van der Waals surface area contributed by atoms with Gasteiger partial charge in [-0.1, -0.05) is 18.2 Å². The molecule has 0 aliphatic carbocycles. The molecule has 39 heavy (non-hydrogen) atoms. The molecule has 2 aliphatic rings. The van der Waals surface area contributed by atoms with E-state index < -0.39 is 56.0 Å². The van der Waals surface area contributed by atoms with Crippen LogP contribution in [0.3, 0.4) is 0 Å². The van der Waals surface area contributed by atoms with Crippen LogP contribution in [0.2, 0.25) is 0 Å². The van der Waals surface area contributed by atoms with Crippen LogP contribution < -0.4 is 20.9 Å². The number of carbonyl (C=O) groups excluding carboxylic acids is 1. The minimum Gasteiger partial charge on any atom is -0.462 e. The first kappa shape index (κ1) is 27.2. The summed E-state index contributed by atoms with van der Waals surface area (Å²) in [6.45, 7) is 4.32. The van der Waals surface area contributed by atoms with Crippen LogP contribution in [-0.4, -0.2) is 73.8 Å². The van der Waals surface area contributed by atoms with Gasteiger partial charge in [0.2, 0.25) is 5.95 Å². The summed E-state index contributed by atoms with van der Waals surface area (Å²) < 4.78 is 43.9. The molecular formula is C23H29N6O9P. The predicted molar refractivity (Wildman–Crippen MR) is 136 cm³/mol. The molecule has 5 rings (SSSR count). The van der Waals surface area contributed by atoms with Crippen LogP contribution in [0.15, 0.2) is 41.5 Å². The largest absolute Gasteiger partial charge is 0.462 e. The van der Waals surface area contributed by atoms with Crippen molar-refractivity contribution in [1.82, 2.24) is 24.6 Å². The van der Waals surface area contributed by atoms with Gasteiger partial charge in [-0.25, -0.2) is 9.55 Å². The number of hydrogen-bond donors (Lipinski definition) is 4. The Morgan fingerprint density at radius 2 is 2.10 bits per heavy atom. The van der Waals surface area contributed by atoms with Gasteiger partial charge in [0.1, 0.15) is 29.6 Å². The molecule has 1 aromatic carbocycles. The van der Waals surface area contributed by atoms with Crippen molar-refractivity contribution < 1.29 is 37.7 Å². The number of aliphatic hydroxyl groups is 1. The van der Waals surface area contributed by atoms with Crippen LogP contribution >= 0.6 is 7.75 Å². The molecule has 2 fully saturated rings. The van der Waals surface area contributed by atoms with Gasteiger partial charge in [-0.3, -0.25) is 23.7 Å². The molecule has 16 heteroatoms. The lowest BCUT2D eigenvalue weighted by Gasteiger charge is -2.32. The smallest absolute Gasteiger partial charge is 0.459 e. The summed E-state index contributed by atoms with van der Waals surface area (Å²) in [5, 5.41) is 13.7. The minimum absolute atomic E-state index is 0.0302. The zero-order valence-corrected chi connectivity index (χ0v) is 22.2. The number of esters is 1. The van der Waals surface area contributed by atoms with Crippen molar-refractivity contribution in [2.75, 3.05) is 18.9 Å². The highest BCUT2D eigenvalue weighted by Gasteiger charge is 2.63. The molecule has 2 aromatic heterocycles. The van der Waals surface area contributed by atoms with Gasteiger partial charge < -0.3 is 29.6 Å². The van der Waals surface area contributed by atoms with Crippen LogP contribution in [0.5, 0.6) is 5.75 Å². The number of fused-ring (bicyclic) bond motifs is 3. The summed E-state index contributed by atoms with van der Waals surface area (Å²) in [7, 11) is -4.23. The number of rotatable bonds is 10. The highest BCUT2D eigenvalue weighted by Crippen LogP contribution is 2.50. The van der Waals surface area contributed by atoms with E-state index in [1.54, 1.807) is 44.2 Å². The molecular weight excluding hydrogens is 535 g/mol. The fraction of sp³-hybridized carbons (Fsp3) is 0.478. The van der Waals surface area contributed by atoms with E-state index in [-0.39, 0.29) is 35.6 Å². The van der Waals surface area contributed by atoms with Gasteiger partial charge in [-0.15, -0.1) is 0 Å². The minimum atomic E-state index is -4.23. The van der Waals surface area contributed by atoms with E-state index in [4.69, 9.17) is 29.0 Å². The lowest BCUT2D eigenvalue weighted by Crippen LogP contribution is -2.46. The average molecular weight is 564 g/mol. The fourth-order valence-corrected chi connectivity index (χ4v) is 5.94. The molecule has 0 radical (unpaired) electrons. The SMILES string of the molecule is CC(C)OC(=O)[C@@H](C)N[P@@](=O)(OC[C@@]12CO[C@@H](C(n3cnc4c(=O)[nH]c(N)nc43)O1)[C@@H]2O)Oc1ccccc1. The third-order valence-corrected chi connectivity index (χ3v) is 7.86. The number of imidazole rings is 1. The molecule has 15 nitrogen and oxygen atoms in total. The number of H-pyrrole nitrogens is 1. The summed E-state index contributed by atoms with van der Waals surface area (Å²) in [5.74, 6) is -0.550. The molecule has 0 spiro atoms. The van der Waals surface area contributed by atoms with Gasteiger partial charge in [0, 0.05) is 0 Å². The summed E-state index contributed by atoms with van der Waals surface area (Å²) in [4.78, 5) is 35.2. The van der Waals surface area contributed by atoms with Gasteiger partial charge in [0.05, 0.1) is 25.6 Å². The van der Waals surface area contributed by atoms with E-state index in [9.17, 15) is 19.3 Å². The van der Waals surface area contributed by atoms with E-state index in [0.29, 0.717) is 0 Å². The van der Waals surface area contributed by atoms with Gasteiger partial charge in [-0.05, 0) is 32.9 Å². The Kier molecular flexibility index (Phi) is 7.22. The van der Waals surface area contributed by atoms with Gasteiger partial charge >= 0.3 is 13.7 Å². The maximum atomic E-state index is 13.9. The monoisotopic (exact) mass is 564 g/mol. The summed E-state index contributed by atoms with van der Waals surface area (Å²) in [5.41, 5.74) is 3.87. The number of anilines is 1. The third-order valence-electron chi connectivity index (χ3n) is 6.24. The number of carbonyl (C=O) groups is 1. The van der Waals surface area contributed by atoms with Gasteiger partial charge in [-0.2, -0.15) is 10.1 Å². The first-order chi connectivity index (χ1) is 18.5. The van der Waals surface area contributed by atoms with Crippen LogP contribution in [0.4, 0.5) is 5.95 Å². The lowest BCUT2D eigenvalue weighted by molar-refractivity contribution is -0.183. The summed E-state index contributed by atoms with van der Waals surface area (Å²) in [6, 6.07) is 7.20. The highest BCUT2D eigenvalue weighted by molar-refractivity contribution is 7.52. The number of para-hydroxylation sites is 1. The Labute approximate surface area is 222 Å². The number of nitrogens with one attached hydrogen (secondary N) is 2. The fourth-order valence-electron chi connectivity index (χ4n) is 4.40. The number of benzene rings is 1. The number of ether oxygens (including phenoxy) is 3. The zero-order chi connectivity index (χ0) is 27.9. The van der Waals surface area contributed by atoms with Crippen molar-refractivity contribution in [1.29, 1.82) is 0 Å². The second kappa shape index (κ2) is 10.3. The molecule has 2 bridgehead atoms. The lowest BCUT2D eigenvalue weighted by atomic mass is 10.0. The van der Waals surface area contributed by atoms with E-state index >= 15 is 0 Å². The van der Waals surface area contributed by atoms with E-state index in [0.717, 1.165) is 0 Å². The normalized spacial score (nSPS) is 26.5. The molecule has 0 amide bonds. The van der Waals surface area contributed by atoms with Crippen molar-refractivity contribution in [3.8, 4) is 5.75 Å². The van der Waals surface area contributed by atoms with Gasteiger partial charge in [0.25, 0.3) is 5.56 Å². The molecule has 210 valence electrons. The first-order valence-electron chi connectivity index (χ1n) is 12.2. The number of nitrogens with zero attached hydrogens (tertiary/aromatic N) is 3. The summed E-state index contributed by atoms with van der Waals surface area (Å²) in [6.07, 6.45) is -2.10. The molecule has 2 saturated heterocycles. The Bertz CT molecular complexity index is 1460. The number of aromatic amines is 1. The van der Waals surface area contributed by atoms with Crippen molar-refractivity contribution in [2.24, 2.45) is 0 Å². The van der Waals surface area contributed by atoms with Crippen molar-refractivity contribution in [3.05, 3.63) is 47.0 Å². The summed E-state index contributed by atoms with van der Waals surface area (Å²) >= 11 is 0. The Balaban J connectivity index is 1.38. The number of aliphatic hydroxyl groups excluding tert-OH is 1. The molecule has 2 aliphatic heterocycles. The van der Waals surface area contributed by atoms with Crippen molar-refractivity contribution >= 4 is 30.8 Å². The molecule has 5 N–H and O–H groups in total. The highest BCUT2D eigenvalue weighted by atomic mass is 31.2. The van der Waals surface area contributed by atoms with E-state index in [1.807, 2.05) is 0 Å². The number of nitrogens with two attached hydrogens (primary N) is 1. The molecule has 3 aromatic rings. The third kappa shape index (κ3) is 5.29. The Hall–Kier alpha value is -3.33. The second-order valence-corrected chi connectivity index (χ2v) is 11.3. The van der Waals surface area contributed by atoms with Gasteiger partial charge in [0.15, 0.2) is 17.4 Å². The zero-order valence-electron chi connectivity index (χ0n) is 21.3. The molecule has 1 unspecified atom stereocenters.